The normalized spacial score (nSPS) is 13.9. The van der Waals surface area contributed by atoms with Gasteiger partial charge in [0.1, 0.15) is 11.6 Å². The maximum absolute atomic E-state index is 13.2. The van der Waals surface area contributed by atoms with E-state index in [-0.39, 0.29) is 5.82 Å². The zero-order valence-corrected chi connectivity index (χ0v) is 11.0. The Bertz CT molecular complexity index is 457. The van der Waals surface area contributed by atoms with Crippen LogP contribution in [0.5, 0.6) is 5.75 Å². The Hall–Kier alpha value is -1.20. The minimum Gasteiger partial charge on any atom is -0.492 e. The minimum atomic E-state index is -0.292. The number of ether oxygens (including phenoxy) is 1. The predicted molar refractivity (Wildman–Crippen MR) is 71.5 cm³/mol. The predicted octanol–water partition coefficient (Wildman–Crippen LogP) is 3.99. The Balaban J connectivity index is 2.00. The van der Waals surface area contributed by atoms with Crippen LogP contribution in [0.15, 0.2) is 18.2 Å². The fourth-order valence-electron chi connectivity index (χ4n) is 1.67. The summed E-state index contributed by atoms with van der Waals surface area (Å²) < 4.78 is 18.8. The van der Waals surface area contributed by atoms with E-state index in [9.17, 15) is 4.39 Å². The highest BCUT2D eigenvalue weighted by Crippen LogP contribution is 2.32. The topological polar surface area (TPSA) is 9.23 Å². The molecule has 0 unspecified atom stereocenters. The number of hydrogen-bond donors (Lipinski definition) is 0. The van der Waals surface area contributed by atoms with Crippen LogP contribution in [-0.4, -0.2) is 12.5 Å². The lowest BCUT2D eigenvalue weighted by Gasteiger charge is -2.07. The van der Waals surface area contributed by atoms with E-state index < -0.39 is 0 Å². The maximum atomic E-state index is 13.2. The molecular weight excluding hydrogens is 251 g/mol. The number of halogens is 2. The molecule has 18 heavy (non-hydrogen) atoms. The number of alkyl halides is 1. The van der Waals surface area contributed by atoms with Gasteiger partial charge in [0, 0.05) is 18.4 Å². The Morgan fingerprint density at radius 1 is 1.39 bits per heavy atom. The van der Waals surface area contributed by atoms with Crippen molar-refractivity contribution in [2.24, 2.45) is 5.92 Å². The van der Waals surface area contributed by atoms with Gasteiger partial charge in [0.15, 0.2) is 0 Å². The van der Waals surface area contributed by atoms with E-state index in [0.717, 1.165) is 17.9 Å². The van der Waals surface area contributed by atoms with Gasteiger partial charge in [-0.15, -0.1) is 11.6 Å². The summed E-state index contributed by atoms with van der Waals surface area (Å²) in [7, 11) is 0. The third-order valence-corrected chi connectivity index (χ3v) is 3.06. The lowest BCUT2D eigenvalue weighted by atomic mass is 10.2. The first kappa shape index (κ1) is 13.2. The Morgan fingerprint density at radius 3 is 2.94 bits per heavy atom. The highest BCUT2D eigenvalue weighted by molar-refractivity contribution is 6.18. The summed E-state index contributed by atoms with van der Waals surface area (Å²) in [6.07, 6.45) is 4.27. The summed E-state index contributed by atoms with van der Waals surface area (Å²) in [5.74, 6) is 7.47. The highest BCUT2D eigenvalue weighted by Gasteiger charge is 2.20. The first-order chi connectivity index (χ1) is 8.79. The second-order valence-corrected chi connectivity index (χ2v) is 4.84. The van der Waals surface area contributed by atoms with E-state index in [2.05, 4.69) is 11.8 Å². The molecule has 1 aliphatic carbocycles. The summed E-state index contributed by atoms with van der Waals surface area (Å²) >= 11 is 5.56. The molecule has 96 valence electrons. The van der Waals surface area contributed by atoms with Gasteiger partial charge >= 0.3 is 0 Å². The lowest BCUT2D eigenvalue weighted by molar-refractivity contribution is 0.300. The quantitative estimate of drug-likeness (QED) is 0.578. The maximum Gasteiger partial charge on any atom is 0.137 e. The van der Waals surface area contributed by atoms with Crippen LogP contribution in [0.2, 0.25) is 0 Å². The monoisotopic (exact) mass is 266 g/mol. The standard InChI is InChI=1S/C15H16ClFO/c16-9-2-1-3-13-6-7-14(17)11-15(13)18-10-8-12-4-5-12/h6-7,11-12H,2,4-5,8-10H2. The molecule has 1 aliphatic rings. The molecule has 1 nitrogen and oxygen atoms in total. The molecule has 1 fully saturated rings. The summed E-state index contributed by atoms with van der Waals surface area (Å²) in [5, 5.41) is 0. The van der Waals surface area contributed by atoms with Crippen molar-refractivity contribution in [3.8, 4) is 17.6 Å². The highest BCUT2D eigenvalue weighted by atomic mass is 35.5. The molecule has 0 amide bonds. The van der Waals surface area contributed by atoms with Crippen LogP contribution in [0.4, 0.5) is 4.39 Å². The van der Waals surface area contributed by atoms with Crippen LogP contribution in [0.25, 0.3) is 0 Å². The van der Waals surface area contributed by atoms with Crippen LogP contribution in [0.3, 0.4) is 0 Å². The molecule has 0 spiro atoms. The molecule has 1 aromatic carbocycles. The van der Waals surface area contributed by atoms with Gasteiger partial charge in [-0.1, -0.05) is 24.7 Å². The van der Waals surface area contributed by atoms with E-state index in [4.69, 9.17) is 16.3 Å². The van der Waals surface area contributed by atoms with E-state index in [1.807, 2.05) is 0 Å². The second kappa shape index (κ2) is 6.66. The van der Waals surface area contributed by atoms with Gasteiger partial charge in [0.05, 0.1) is 12.2 Å². The third-order valence-electron chi connectivity index (χ3n) is 2.87. The zero-order valence-electron chi connectivity index (χ0n) is 10.2. The second-order valence-electron chi connectivity index (χ2n) is 4.46. The molecule has 0 bridgehead atoms. The molecule has 0 aliphatic heterocycles. The average Bonchev–Trinajstić information content (AvgIpc) is 3.16. The molecule has 2 rings (SSSR count). The number of benzene rings is 1. The van der Waals surface area contributed by atoms with E-state index in [1.54, 1.807) is 6.07 Å². The van der Waals surface area contributed by atoms with Crippen molar-refractivity contribution < 1.29 is 9.13 Å². The third kappa shape index (κ3) is 4.23. The molecule has 0 saturated heterocycles. The van der Waals surface area contributed by atoms with Crippen molar-refractivity contribution in [3.05, 3.63) is 29.6 Å². The van der Waals surface area contributed by atoms with Crippen molar-refractivity contribution >= 4 is 11.6 Å². The number of rotatable bonds is 5. The fourth-order valence-corrected chi connectivity index (χ4v) is 1.76. The molecule has 0 atom stereocenters. The molecule has 0 aromatic heterocycles. The van der Waals surface area contributed by atoms with Crippen LogP contribution in [0.1, 0.15) is 31.2 Å². The Morgan fingerprint density at radius 2 is 2.22 bits per heavy atom. The van der Waals surface area contributed by atoms with E-state index in [1.165, 1.54) is 25.0 Å². The van der Waals surface area contributed by atoms with Crippen molar-refractivity contribution in [1.82, 2.24) is 0 Å². The lowest BCUT2D eigenvalue weighted by Crippen LogP contribution is -2.00. The van der Waals surface area contributed by atoms with Gasteiger partial charge in [0.2, 0.25) is 0 Å². The molecule has 0 N–H and O–H groups in total. The van der Waals surface area contributed by atoms with Crippen molar-refractivity contribution in [2.75, 3.05) is 12.5 Å². The summed E-state index contributed by atoms with van der Waals surface area (Å²) in [6.45, 7) is 0.637. The molecule has 0 heterocycles. The van der Waals surface area contributed by atoms with Crippen LogP contribution in [0, 0.1) is 23.6 Å². The van der Waals surface area contributed by atoms with Gasteiger partial charge in [-0.2, -0.15) is 0 Å². The van der Waals surface area contributed by atoms with Gasteiger partial charge in [-0.3, -0.25) is 0 Å². The summed E-state index contributed by atoms with van der Waals surface area (Å²) in [4.78, 5) is 0. The zero-order chi connectivity index (χ0) is 12.8. The molecule has 1 saturated carbocycles. The van der Waals surface area contributed by atoms with Gasteiger partial charge in [-0.05, 0) is 24.5 Å². The first-order valence-corrected chi connectivity index (χ1v) is 6.80. The Labute approximate surface area is 112 Å². The Kier molecular flexibility index (Phi) is 4.90. The van der Waals surface area contributed by atoms with Crippen LogP contribution < -0.4 is 4.74 Å². The molecule has 0 radical (unpaired) electrons. The molecule has 3 heteroatoms. The summed E-state index contributed by atoms with van der Waals surface area (Å²) in [5.41, 5.74) is 0.734. The summed E-state index contributed by atoms with van der Waals surface area (Å²) in [6, 6.07) is 4.46. The van der Waals surface area contributed by atoms with E-state index >= 15 is 0 Å². The van der Waals surface area contributed by atoms with Crippen molar-refractivity contribution in [1.29, 1.82) is 0 Å². The SMILES string of the molecule is Fc1ccc(C#CCCCl)c(OCCC2CC2)c1. The first-order valence-electron chi connectivity index (χ1n) is 6.27. The van der Waals surface area contributed by atoms with Crippen molar-refractivity contribution in [3.63, 3.8) is 0 Å². The largest absolute Gasteiger partial charge is 0.492 e. The van der Waals surface area contributed by atoms with Crippen molar-refractivity contribution in [2.45, 2.75) is 25.7 Å². The minimum absolute atomic E-state index is 0.292. The molecule has 1 aromatic rings. The smallest absolute Gasteiger partial charge is 0.137 e. The molecular formula is C15H16ClFO. The number of hydrogen-bond acceptors (Lipinski definition) is 1. The van der Waals surface area contributed by atoms with Gasteiger partial charge in [-0.25, -0.2) is 4.39 Å². The van der Waals surface area contributed by atoms with Gasteiger partial charge < -0.3 is 4.74 Å². The fraction of sp³-hybridized carbons (Fsp3) is 0.467. The van der Waals surface area contributed by atoms with Crippen LogP contribution in [-0.2, 0) is 0 Å². The van der Waals surface area contributed by atoms with E-state index in [0.29, 0.717) is 24.7 Å². The average molecular weight is 267 g/mol. The van der Waals surface area contributed by atoms with Gasteiger partial charge in [0.25, 0.3) is 0 Å². The van der Waals surface area contributed by atoms with Crippen LogP contribution >= 0.6 is 11.6 Å².